The number of anilines is 2. The van der Waals surface area contributed by atoms with Crippen LogP contribution in [-0.4, -0.2) is 70.4 Å². The number of carbonyl (C=O) groups excluding carboxylic acids is 2. The number of carbonyl (C=O) groups is 2. The Balaban J connectivity index is 1.50. The van der Waals surface area contributed by atoms with Crippen LogP contribution < -0.4 is 16.2 Å². The molecule has 0 aromatic carbocycles. The second-order valence-corrected chi connectivity index (χ2v) is 11.0. The van der Waals surface area contributed by atoms with Crippen molar-refractivity contribution in [1.29, 1.82) is 0 Å². The van der Waals surface area contributed by atoms with Crippen molar-refractivity contribution < 1.29 is 9.59 Å². The van der Waals surface area contributed by atoms with Crippen LogP contribution in [0, 0.1) is 6.92 Å². The predicted octanol–water partition coefficient (Wildman–Crippen LogP) is 2.90. The van der Waals surface area contributed by atoms with Crippen LogP contribution in [-0.2, 0) is 5.66 Å². The number of aryl methyl sites for hydroxylation is 1. The van der Waals surface area contributed by atoms with Crippen LogP contribution in [0.4, 0.5) is 11.5 Å². The van der Waals surface area contributed by atoms with Crippen LogP contribution in [0.5, 0.6) is 0 Å². The van der Waals surface area contributed by atoms with Crippen molar-refractivity contribution in [2.75, 3.05) is 39.5 Å². The van der Waals surface area contributed by atoms with Crippen molar-refractivity contribution in [3.63, 3.8) is 0 Å². The summed E-state index contributed by atoms with van der Waals surface area (Å²) in [6, 6.07) is 3.49. The zero-order valence-corrected chi connectivity index (χ0v) is 21.9. The topological polar surface area (TPSA) is 112 Å². The highest BCUT2D eigenvalue weighted by Crippen LogP contribution is 2.38. The van der Waals surface area contributed by atoms with E-state index in [1.165, 1.54) is 17.7 Å². The summed E-state index contributed by atoms with van der Waals surface area (Å²) in [5.41, 5.74) is 0.595. The van der Waals surface area contributed by atoms with Gasteiger partial charge in [0.05, 0.1) is 10.3 Å². The Morgan fingerprint density at radius 2 is 1.89 bits per heavy atom. The lowest BCUT2D eigenvalue weighted by molar-refractivity contribution is 0.0790. The number of pyridine rings is 1. The molecule has 0 unspecified atom stereocenters. The number of fused-ring (bicyclic) bond motifs is 3. The summed E-state index contributed by atoms with van der Waals surface area (Å²) in [5.74, 6) is 0.184. The van der Waals surface area contributed by atoms with E-state index in [1.54, 1.807) is 28.6 Å². The first-order valence-corrected chi connectivity index (χ1v) is 13.0. The number of amides is 2. The summed E-state index contributed by atoms with van der Waals surface area (Å²) in [7, 11) is 5.72. The van der Waals surface area contributed by atoms with Gasteiger partial charge in [0.15, 0.2) is 0 Å². The van der Waals surface area contributed by atoms with Gasteiger partial charge in [0, 0.05) is 20.1 Å². The fourth-order valence-corrected chi connectivity index (χ4v) is 6.16. The summed E-state index contributed by atoms with van der Waals surface area (Å²) in [5, 5.41) is 6.98. The number of nitrogens with zero attached hydrogens (tertiary/aromatic N) is 5. The number of nitrogens with one attached hydrogen (secondary N) is 2. The molecule has 10 nitrogen and oxygen atoms in total. The minimum atomic E-state index is -0.662. The molecule has 3 aromatic heterocycles. The Hall–Kier alpha value is -3.31. The second-order valence-electron chi connectivity index (χ2n) is 9.98. The molecule has 1 aliphatic heterocycles. The molecule has 2 amide bonds. The highest BCUT2D eigenvalue weighted by Gasteiger charge is 2.45. The normalized spacial score (nSPS) is 16.4. The molecular formula is C25H31N7O3S. The van der Waals surface area contributed by atoms with Gasteiger partial charge in [0.2, 0.25) is 0 Å². The van der Waals surface area contributed by atoms with E-state index < -0.39 is 5.66 Å². The molecule has 3 aromatic rings. The average molecular weight is 510 g/mol. The van der Waals surface area contributed by atoms with Gasteiger partial charge in [-0.1, -0.05) is 6.42 Å². The molecule has 1 spiro atoms. The maximum atomic E-state index is 13.7. The first-order valence-electron chi connectivity index (χ1n) is 12.2. The standard InChI is InChI=1S/C25H31N7O3S/c1-15-12-17(23(34)32-19(15)21(33)29-25(32)8-6-5-7-9-25)28-20-16-13-18(36-22(16)27-14-26-20)24(35)31(4)11-10-30(2)3/h12-14H,5-11H2,1-4H3,(H,29,33)(H,26,27,28). The van der Waals surface area contributed by atoms with Crippen LogP contribution in [0.2, 0.25) is 0 Å². The Morgan fingerprint density at radius 3 is 2.61 bits per heavy atom. The number of likely N-dealkylation sites (N-methyl/N-ethyl adjacent to an activating group) is 2. The molecule has 4 heterocycles. The van der Waals surface area contributed by atoms with Crippen LogP contribution in [0.3, 0.4) is 0 Å². The fraction of sp³-hybridized carbons (Fsp3) is 0.480. The van der Waals surface area contributed by atoms with Crippen LogP contribution >= 0.6 is 11.3 Å². The van der Waals surface area contributed by atoms with Crippen molar-refractivity contribution in [2.45, 2.75) is 44.7 Å². The maximum Gasteiger partial charge on any atom is 0.276 e. The number of hydrogen-bond acceptors (Lipinski definition) is 8. The van der Waals surface area contributed by atoms with Gasteiger partial charge in [-0.3, -0.25) is 19.0 Å². The molecule has 2 aliphatic rings. The van der Waals surface area contributed by atoms with Crippen molar-refractivity contribution in [2.24, 2.45) is 0 Å². The predicted molar refractivity (Wildman–Crippen MR) is 140 cm³/mol. The van der Waals surface area contributed by atoms with Crippen LogP contribution in [0.1, 0.15) is 57.8 Å². The van der Waals surface area contributed by atoms with Gasteiger partial charge in [-0.25, -0.2) is 9.97 Å². The maximum absolute atomic E-state index is 13.7. The zero-order valence-electron chi connectivity index (χ0n) is 21.1. The van der Waals surface area contributed by atoms with Gasteiger partial charge in [-0.05, 0) is 64.4 Å². The molecule has 0 bridgehead atoms. The Labute approximate surface area is 213 Å². The van der Waals surface area contributed by atoms with E-state index in [2.05, 4.69) is 20.6 Å². The quantitative estimate of drug-likeness (QED) is 0.525. The molecule has 11 heteroatoms. The smallest absolute Gasteiger partial charge is 0.276 e. The first kappa shape index (κ1) is 24.4. The Morgan fingerprint density at radius 1 is 1.14 bits per heavy atom. The lowest BCUT2D eigenvalue weighted by Gasteiger charge is -2.35. The summed E-state index contributed by atoms with van der Waals surface area (Å²) in [6.07, 6.45) is 5.93. The van der Waals surface area contributed by atoms with E-state index in [9.17, 15) is 14.4 Å². The molecular weight excluding hydrogens is 478 g/mol. The third kappa shape index (κ3) is 4.16. The molecule has 0 atom stereocenters. The molecule has 1 fully saturated rings. The van der Waals surface area contributed by atoms with Crippen molar-refractivity contribution in [3.05, 3.63) is 44.9 Å². The monoisotopic (exact) mass is 509 g/mol. The van der Waals surface area contributed by atoms with E-state index >= 15 is 0 Å². The van der Waals surface area contributed by atoms with Gasteiger partial charge in [-0.15, -0.1) is 11.3 Å². The number of thiophene rings is 1. The summed E-state index contributed by atoms with van der Waals surface area (Å²) in [4.78, 5) is 53.2. The van der Waals surface area contributed by atoms with Crippen molar-refractivity contribution in [3.8, 4) is 0 Å². The van der Waals surface area contributed by atoms with E-state index in [-0.39, 0.29) is 17.4 Å². The molecule has 1 saturated carbocycles. The van der Waals surface area contributed by atoms with Gasteiger partial charge < -0.3 is 20.4 Å². The lowest BCUT2D eigenvalue weighted by atomic mass is 9.89. The summed E-state index contributed by atoms with van der Waals surface area (Å²) < 4.78 is 1.66. The fourth-order valence-electron chi connectivity index (χ4n) is 5.16. The van der Waals surface area contributed by atoms with Crippen LogP contribution in [0.15, 0.2) is 23.3 Å². The van der Waals surface area contributed by atoms with E-state index in [1.807, 2.05) is 25.9 Å². The molecule has 190 valence electrons. The third-order valence-corrected chi connectivity index (χ3v) is 8.12. The summed E-state index contributed by atoms with van der Waals surface area (Å²) >= 11 is 1.30. The van der Waals surface area contributed by atoms with Crippen molar-refractivity contribution in [1.82, 2.24) is 29.7 Å². The van der Waals surface area contributed by atoms with Crippen LogP contribution in [0.25, 0.3) is 10.2 Å². The molecule has 1 aliphatic carbocycles. The minimum Gasteiger partial charge on any atom is -0.340 e. The summed E-state index contributed by atoms with van der Waals surface area (Å²) in [6.45, 7) is 3.22. The lowest BCUT2D eigenvalue weighted by Crippen LogP contribution is -2.48. The van der Waals surface area contributed by atoms with Gasteiger partial charge >= 0.3 is 0 Å². The molecule has 5 rings (SSSR count). The number of aromatic nitrogens is 3. The highest BCUT2D eigenvalue weighted by atomic mass is 32.1. The minimum absolute atomic E-state index is 0.0805. The molecule has 36 heavy (non-hydrogen) atoms. The molecule has 2 N–H and O–H groups in total. The van der Waals surface area contributed by atoms with Crippen molar-refractivity contribution >= 4 is 44.9 Å². The third-order valence-electron chi connectivity index (χ3n) is 7.08. The SMILES string of the molecule is Cc1cc(Nc2ncnc3sc(C(=O)N(C)CCN(C)C)cc23)c(=O)n2c1C(=O)NC21CCCCC1. The second kappa shape index (κ2) is 9.29. The Kier molecular flexibility index (Phi) is 6.29. The van der Waals surface area contributed by atoms with E-state index in [4.69, 9.17) is 0 Å². The van der Waals surface area contributed by atoms with Gasteiger partial charge in [0.1, 0.15) is 34.0 Å². The molecule has 0 saturated heterocycles. The largest absolute Gasteiger partial charge is 0.340 e. The van der Waals surface area contributed by atoms with Gasteiger partial charge in [0.25, 0.3) is 17.4 Å². The number of hydrogen-bond donors (Lipinski definition) is 2. The Bertz CT molecular complexity index is 1400. The van der Waals surface area contributed by atoms with E-state index in [0.29, 0.717) is 38.8 Å². The average Bonchev–Trinajstić information content (AvgIpc) is 3.40. The van der Waals surface area contributed by atoms with Gasteiger partial charge in [-0.2, -0.15) is 0 Å². The first-order chi connectivity index (χ1) is 17.2. The zero-order chi connectivity index (χ0) is 25.6. The molecule has 0 radical (unpaired) electrons. The highest BCUT2D eigenvalue weighted by molar-refractivity contribution is 7.20. The van der Waals surface area contributed by atoms with E-state index in [0.717, 1.165) is 44.2 Å². The number of rotatable bonds is 6.